The van der Waals surface area contributed by atoms with Gasteiger partial charge in [0.1, 0.15) is 17.3 Å². The van der Waals surface area contributed by atoms with Gasteiger partial charge in [0.15, 0.2) is 0 Å². The van der Waals surface area contributed by atoms with Gasteiger partial charge in [-0.25, -0.2) is 4.79 Å². The highest BCUT2D eigenvalue weighted by Gasteiger charge is 2.36. The standard InChI is InChI=1S/C24H28ClNO4S/c1-14-8-7-9-15(2)21(14)31-22(28)19(16(3)27)20(17-10-12-18(25)13-11-17)26-23(29)30-24(4,5)6/h7-13,19-20H,1-6H3,(H,26,29)/t19?,20-/m0/s1. The Morgan fingerprint density at radius 1 is 1.00 bits per heavy atom. The number of ether oxygens (including phenoxy) is 1. The molecule has 0 saturated carbocycles. The number of carbonyl (C=O) groups excluding carboxylic acids is 3. The van der Waals surface area contributed by atoms with Crippen molar-refractivity contribution in [2.75, 3.05) is 0 Å². The third-order valence-corrected chi connectivity index (χ3v) is 6.09. The van der Waals surface area contributed by atoms with Crippen LogP contribution in [0.4, 0.5) is 4.79 Å². The molecule has 0 aromatic heterocycles. The summed E-state index contributed by atoms with van der Waals surface area (Å²) in [7, 11) is 0. The van der Waals surface area contributed by atoms with Crippen LogP contribution in [0.15, 0.2) is 47.4 Å². The summed E-state index contributed by atoms with van der Waals surface area (Å²) in [4.78, 5) is 39.3. The molecule has 2 aromatic rings. The van der Waals surface area contributed by atoms with Crippen molar-refractivity contribution in [2.24, 2.45) is 5.92 Å². The third-order valence-electron chi connectivity index (χ3n) is 4.54. The molecule has 0 fully saturated rings. The molecule has 0 spiro atoms. The van der Waals surface area contributed by atoms with E-state index in [1.54, 1.807) is 45.0 Å². The molecule has 0 saturated heterocycles. The quantitative estimate of drug-likeness (QED) is 0.419. The Hall–Kier alpha value is -2.31. The lowest BCUT2D eigenvalue weighted by atomic mass is 9.91. The number of ketones is 1. The number of Topliss-reactive ketones (excluding diaryl/α,β-unsaturated/α-hetero) is 1. The normalized spacial score (nSPS) is 13.3. The van der Waals surface area contributed by atoms with E-state index in [2.05, 4.69) is 5.32 Å². The molecule has 166 valence electrons. The second-order valence-electron chi connectivity index (χ2n) is 8.41. The highest BCUT2D eigenvalue weighted by molar-refractivity contribution is 8.13. The summed E-state index contributed by atoms with van der Waals surface area (Å²) in [6.45, 7) is 10.4. The molecule has 2 rings (SSSR count). The first-order valence-corrected chi connectivity index (χ1v) is 11.1. The average Bonchev–Trinajstić information content (AvgIpc) is 2.63. The van der Waals surface area contributed by atoms with Gasteiger partial charge in [-0.1, -0.05) is 53.7 Å². The van der Waals surface area contributed by atoms with Crippen molar-refractivity contribution in [3.63, 3.8) is 0 Å². The molecule has 1 amide bonds. The Kier molecular flexibility index (Phi) is 8.32. The van der Waals surface area contributed by atoms with Crippen LogP contribution in [0.3, 0.4) is 0 Å². The van der Waals surface area contributed by atoms with Gasteiger partial charge in [-0.3, -0.25) is 9.59 Å². The van der Waals surface area contributed by atoms with Crippen LogP contribution in [0.25, 0.3) is 0 Å². The summed E-state index contributed by atoms with van der Waals surface area (Å²) in [6, 6.07) is 11.6. The van der Waals surface area contributed by atoms with Crippen molar-refractivity contribution in [2.45, 2.75) is 58.1 Å². The summed E-state index contributed by atoms with van der Waals surface area (Å²) in [5, 5.41) is 2.89. The van der Waals surface area contributed by atoms with Crippen LogP contribution in [0.2, 0.25) is 5.02 Å². The largest absolute Gasteiger partial charge is 0.444 e. The third kappa shape index (κ3) is 7.11. The highest BCUT2D eigenvalue weighted by atomic mass is 35.5. The predicted octanol–water partition coefficient (Wildman–Crippen LogP) is 6.05. The fraction of sp³-hybridized carbons (Fsp3) is 0.375. The molecule has 0 bridgehead atoms. The highest BCUT2D eigenvalue weighted by Crippen LogP contribution is 2.34. The van der Waals surface area contributed by atoms with Crippen molar-refractivity contribution >= 4 is 40.4 Å². The van der Waals surface area contributed by atoms with Gasteiger partial charge < -0.3 is 10.1 Å². The van der Waals surface area contributed by atoms with Crippen LogP contribution in [0.5, 0.6) is 0 Å². The number of rotatable bonds is 6. The fourth-order valence-corrected chi connectivity index (χ4v) is 4.34. The van der Waals surface area contributed by atoms with E-state index in [-0.39, 0.29) is 10.9 Å². The second-order valence-corrected chi connectivity index (χ2v) is 9.86. The van der Waals surface area contributed by atoms with Gasteiger partial charge in [0.2, 0.25) is 5.12 Å². The molecular formula is C24H28ClNO4S. The number of hydrogen-bond acceptors (Lipinski definition) is 5. The van der Waals surface area contributed by atoms with Gasteiger partial charge in [0.05, 0.1) is 6.04 Å². The van der Waals surface area contributed by atoms with E-state index in [0.29, 0.717) is 10.6 Å². The van der Waals surface area contributed by atoms with Crippen LogP contribution < -0.4 is 5.32 Å². The van der Waals surface area contributed by atoms with E-state index in [4.69, 9.17) is 16.3 Å². The zero-order valence-electron chi connectivity index (χ0n) is 18.6. The first-order valence-electron chi connectivity index (χ1n) is 9.92. The Morgan fingerprint density at radius 3 is 2.03 bits per heavy atom. The molecule has 1 N–H and O–H groups in total. The molecule has 0 aliphatic rings. The molecule has 0 heterocycles. The van der Waals surface area contributed by atoms with Crippen LogP contribution >= 0.6 is 23.4 Å². The number of aryl methyl sites for hydroxylation is 2. The molecule has 2 aromatic carbocycles. The molecule has 0 radical (unpaired) electrons. The Bertz CT molecular complexity index is 946. The number of halogens is 1. The summed E-state index contributed by atoms with van der Waals surface area (Å²) in [6.07, 6.45) is -0.705. The van der Waals surface area contributed by atoms with Crippen LogP contribution in [0, 0.1) is 19.8 Å². The lowest BCUT2D eigenvalue weighted by molar-refractivity contribution is -0.128. The average molecular weight is 462 g/mol. The van der Waals surface area contributed by atoms with E-state index in [9.17, 15) is 14.4 Å². The minimum Gasteiger partial charge on any atom is -0.444 e. The summed E-state index contributed by atoms with van der Waals surface area (Å²) in [5.41, 5.74) is 1.76. The molecule has 1 unspecified atom stereocenters. The zero-order chi connectivity index (χ0) is 23.3. The van der Waals surface area contributed by atoms with Gasteiger partial charge in [0, 0.05) is 9.92 Å². The predicted molar refractivity (Wildman–Crippen MR) is 125 cm³/mol. The Balaban J connectivity index is 2.43. The van der Waals surface area contributed by atoms with Crippen LogP contribution in [-0.2, 0) is 14.3 Å². The number of carbonyl (C=O) groups is 3. The minimum atomic E-state index is -1.10. The van der Waals surface area contributed by atoms with Crippen LogP contribution in [0.1, 0.15) is 50.4 Å². The lowest BCUT2D eigenvalue weighted by Crippen LogP contribution is -2.41. The summed E-state index contributed by atoms with van der Waals surface area (Å²) >= 11 is 7.03. The number of hydrogen-bond donors (Lipinski definition) is 1. The second kappa shape index (κ2) is 10.3. The Labute approximate surface area is 192 Å². The molecule has 0 aliphatic heterocycles. The first kappa shape index (κ1) is 25.0. The van der Waals surface area contributed by atoms with Gasteiger partial charge >= 0.3 is 6.09 Å². The van der Waals surface area contributed by atoms with Gasteiger partial charge in [-0.15, -0.1) is 0 Å². The van der Waals surface area contributed by atoms with E-state index in [1.165, 1.54) is 6.92 Å². The van der Waals surface area contributed by atoms with E-state index in [1.807, 2.05) is 32.0 Å². The molecule has 31 heavy (non-hydrogen) atoms. The molecule has 2 atom stereocenters. The van der Waals surface area contributed by atoms with Crippen molar-refractivity contribution in [3.8, 4) is 0 Å². The maximum atomic E-state index is 13.3. The number of alkyl carbamates (subject to hydrolysis) is 1. The van der Waals surface area contributed by atoms with Gasteiger partial charge in [-0.2, -0.15) is 0 Å². The van der Waals surface area contributed by atoms with Crippen molar-refractivity contribution < 1.29 is 19.1 Å². The molecule has 7 heteroatoms. The smallest absolute Gasteiger partial charge is 0.408 e. The monoisotopic (exact) mass is 461 g/mol. The van der Waals surface area contributed by atoms with Gasteiger partial charge in [0.25, 0.3) is 0 Å². The molecule has 0 aliphatic carbocycles. The van der Waals surface area contributed by atoms with Crippen molar-refractivity contribution in [1.29, 1.82) is 0 Å². The number of nitrogens with one attached hydrogen (secondary N) is 1. The number of thioether (sulfide) groups is 1. The van der Waals surface area contributed by atoms with Crippen molar-refractivity contribution in [1.82, 2.24) is 5.32 Å². The van der Waals surface area contributed by atoms with E-state index < -0.39 is 23.7 Å². The van der Waals surface area contributed by atoms with Gasteiger partial charge in [-0.05, 0) is 70.4 Å². The fourth-order valence-electron chi connectivity index (χ4n) is 3.12. The lowest BCUT2D eigenvalue weighted by Gasteiger charge is -2.28. The SMILES string of the molecule is CC(=O)C(C(=O)Sc1c(C)cccc1C)[C@@H](NC(=O)OC(C)(C)C)c1ccc(Cl)cc1. The van der Waals surface area contributed by atoms with Crippen LogP contribution in [-0.4, -0.2) is 22.6 Å². The summed E-state index contributed by atoms with van der Waals surface area (Å²) < 4.78 is 5.37. The molecule has 5 nitrogen and oxygen atoms in total. The maximum Gasteiger partial charge on any atom is 0.408 e. The zero-order valence-corrected chi connectivity index (χ0v) is 20.2. The van der Waals surface area contributed by atoms with E-state index >= 15 is 0 Å². The number of amides is 1. The first-order chi connectivity index (χ1) is 14.4. The Morgan fingerprint density at radius 2 is 1.55 bits per heavy atom. The number of benzene rings is 2. The van der Waals surface area contributed by atoms with Crippen molar-refractivity contribution in [3.05, 3.63) is 64.2 Å². The maximum absolute atomic E-state index is 13.3. The topological polar surface area (TPSA) is 72.5 Å². The van der Waals surface area contributed by atoms with E-state index in [0.717, 1.165) is 27.8 Å². The summed E-state index contributed by atoms with van der Waals surface area (Å²) in [5.74, 6) is -1.45. The molecular weight excluding hydrogens is 434 g/mol. The minimum absolute atomic E-state index is 0.346.